The van der Waals surface area contributed by atoms with E-state index < -0.39 is 0 Å². The van der Waals surface area contributed by atoms with Gasteiger partial charge >= 0.3 is 0 Å². The standard InChI is InChI=1S/C11H12N2/c1-8-5-7-13-11(9(8)2)10-4-3-6-12-10/h3-7,12H,1-2H3. The summed E-state index contributed by atoms with van der Waals surface area (Å²) >= 11 is 0. The molecule has 0 saturated heterocycles. The highest BCUT2D eigenvalue weighted by molar-refractivity contribution is 5.59. The Morgan fingerprint density at radius 3 is 2.77 bits per heavy atom. The summed E-state index contributed by atoms with van der Waals surface area (Å²) < 4.78 is 0. The summed E-state index contributed by atoms with van der Waals surface area (Å²) in [5.74, 6) is 0. The van der Waals surface area contributed by atoms with Gasteiger partial charge < -0.3 is 4.98 Å². The number of nitrogens with one attached hydrogen (secondary N) is 1. The molecule has 0 unspecified atom stereocenters. The van der Waals surface area contributed by atoms with E-state index >= 15 is 0 Å². The van der Waals surface area contributed by atoms with Gasteiger partial charge in [-0.25, -0.2) is 0 Å². The molecule has 0 aliphatic rings. The molecular weight excluding hydrogens is 160 g/mol. The number of hydrogen-bond donors (Lipinski definition) is 1. The Kier molecular flexibility index (Phi) is 1.89. The highest BCUT2D eigenvalue weighted by Crippen LogP contribution is 2.20. The molecule has 0 atom stereocenters. The van der Waals surface area contributed by atoms with Crippen molar-refractivity contribution in [1.29, 1.82) is 0 Å². The van der Waals surface area contributed by atoms with Crippen molar-refractivity contribution in [1.82, 2.24) is 9.97 Å². The molecule has 1 N–H and O–H groups in total. The van der Waals surface area contributed by atoms with E-state index in [4.69, 9.17) is 0 Å². The average Bonchev–Trinajstić information content (AvgIpc) is 2.62. The molecule has 0 aliphatic carbocycles. The summed E-state index contributed by atoms with van der Waals surface area (Å²) in [7, 11) is 0. The van der Waals surface area contributed by atoms with Crippen LogP contribution in [0.2, 0.25) is 0 Å². The van der Waals surface area contributed by atoms with Crippen molar-refractivity contribution in [2.24, 2.45) is 0 Å². The normalized spacial score (nSPS) is 10.3. The molecule has 0 aliphatic heterocycles. The Morgan fingerprint density at radius 1 is 1.23 bits per heavy atom. The molecule has 2 nitrogen and oxygen atoms in total. The minimum absolute atomic E-state index is 1.05. The van der Waals surface area contributed by atoms with Gasteiger partial charge in [0, 0.05) is 12.4 Å². The predicted octanol–water partition coefficient (Wildman–Crippen LogP) is 2.69. The molecule has 0 fully saturated rings. The Bertz CT molecular complexity index is 402. The average molecular weight is 172 g/mol. The first-order chi connectivity index (χ1) is 6.29. The lowest BCUT2D eigenvalue weighted by molar-refractivity contribution is 1.20. The minimum atomic E-state index is 1.05. The number of nitrogens with zero attached hydrogens (tertiary/aromatic N) is 1. The number of hydrogen-bond acceptors (Lipinski definition) is 1. The Hall–Kier alpha value is -1.57. The lowest BCUT2D eigenvalue weighted by atomic mass is 10.1. The van der Waals surface area contributed by atoms with E-state index in [1.54, 1.807) is 0 Å². The third-order valence-corrected chi connectivity index (χ3v) is 2.33. The molecule has 2 aromatic heterocycles. The van der Waals surface area contributed by atoms with Crippen LogP contribution < -0.4 is 0 Å². The van der Waals surface area contributed by atoms with Crippen LogP contribution in [0.15, 0.2) is 30.6 Å². The van der Waals surface area contributed by atoms with Crippen LogP contribution in [0.4, 0.5) is 0 Å². The summed E-state index contributed by atoms with van der Waals surface area (Å²) in [5, 5.41) is 0. The van der Waals surface area contributed by atoms with Crippen LogP contribution in [-0.4, -0.2) is 9.97 Å². The summed E-state index contributed by atoms with van der Waals surface area (Å²) in [5.41, 5.74) is 4.65. The highest BCUT2D eigenvalue weighted by atomic mass is 14.8. The molecule has 0 bridgehead atoms. The van der Waals surface area contributed by atoms with Gasteiger partial charge in [-0.2, -0.15) is 0 Å². The van der Waals surface area contributed by atoms with E-state index in [1.807, 2.05) is 30.6 Å². The quantitative estimate of drug-likeness (QED) is 0.704. The van der Waals surface area contributed by atoms with Crippen molar-refractivity contribution in [3.05, 3.63) is 41.7 Å². The zero-order valence-electron chi connectivity index (χ0n) is 7.83. The van der Waals surface area contributed by atoms with Crippen molar-refractivity contribution in [3.8, 4) is 11.4 Å². The molecule has 2 heterocycles. The second-order valence-electron chi connectivity index (χ2n) is 3.19. The number of aromatic nitrogens is 2. The van der Waals surface area contributed by atoms with E-state index in [0.717, 1.165) is 11.4 Å². The van der Waals surface area contributed by atoms with Gasteiger partial charge in [-0.1, -0.05) is 0 Å². The lowest BCUT2D eigenvalue weighted by Gasteiger charge is -2.04. The summed E-state index contributed by atoms with van der Waals surface area (Å²) in [6.07, 6.45) is 3.76. The van der Waals surface area contributed by atoms with Gasteiger partial charge in [0.05, 0.1) is 11.4 Å². The zero-order valence-corrected chi connectivity index (χ0v) is 7.83. The first-order valence-electron chi connectivity index (χ1n) is 4.35. The van der Waals surface area contributed by atoms with E-state index in [9.17, 15) is 0 Å². The molecule has 0 amide bonds. The molecular formula is C11H12N2. The fraction of sp³-hybridized carbons (Fsp3) is 0.182. The monoisotopic (exact) mass is 172 g/mol. The maximum absolute atomic E-state index is 4.35. The second kappa shape index (κ2) is 3.05. The van der Waals surface area contributed by atoms with Crippen LogP contribution >= 0.6 is 0 Å². The van der Waals surface area contributed by atoms with E-state index in [2.05, 4.69) is 23.8 Å². The van der Waals surface area contributed by atoms with Gasteiger partial charge in [-0.3, -0.25) is 4.98 Å². The van der Waals surface area contributed by atoms with Crippen LogP contribution in [0.5, 0.6) is 0 Å². The highest BCUT2D eigenvalue weighted by Gasteiger charge is 2.04. The fourth-order valence-corrected chi connectivity index (χ4v) is 1.38. The summed E-state index contributed by atoms with van der Waals surface area (Å²) in [4.78, 5) is 7.51. The van der Waals surface area contributed by atoms with Crippen LogP contribution in [0.25, 0.3) is 11.4 Å². The molecule has 2 rings (SSSR count). The molecule has 13 heavy (non-hydrogen) atoms. The van der Waals surface area contributed by atoms with Crippen LogP contribution in [-0.2, 0) is 0 Å². The molecule has 2 aromatic rings. The van der Waals surface area contributed by atoms with Crippen LogP contribution in [0.1, 0.15) is 11.1 Å². The third kappa shape index (κ3) is 1.35. The van der Waals surface area contributed by atoms with Gasteiger partial charge in [0.25, 0.3) is 0 Å². The van der Waals surface area contributed by atoms with Crippen LogP contribution in [0, 0.1) is 13.8 Å². The van der Waals surface area contributed by atoms with Crippen LogP contribution in [0.3, 0.4) is 0 Å². The fourth-order valence-electron chi connectivity index (χ4n) is 1.38. The number of aryl methyl sites for hydroxylation is 1. The number of aromatic amines is 1. The predicted molar refractivity (Wildman–Crippen MR) is 53.5 cm³/mol. The number of pyridine rings is 1. The Morgan fingerprint density at radius 2 is 2.08 bits per heavy atom. The second-order valence-corrected chi connectivity index (χ2v) is 3.19. The molecule has 0 aromatic carbocycles. The lowest BCUT2D eigenvalue weighted by Crippen LogP contribution is -1.90. The smallest absolute Gasteiger partial charge is 0.0896 e. The van der Waals surface area contributed by atoms with Crippen molar-refractivity contribution >= 4 is 0 Å². The van der Waals surface area contributed by atoms with E-state index in [-0.39, 0.29) is 0 Å². The molecule has 0 radical (unpaired) electrons. The maximum atomic E-state index is 4.35. The van der Waals surface area contributed by atoms with Gasteiger partial charge in [-0.15, -0.1) is 0 Å². The topological polar surface area (TPSA) is 28.7 Å². The van der Waals surface area contributed by atoms with Crippen molar-refractivity contribution in [3.63, 3.8) is 0 Å². The van der Waals surface area contributed by atoms with Crippen molar-refractivity contribution in [2.75, 3.05) is 0 Å². The number of rotatable bonds is 1. The van der Waals surface area contributed by atoms with Crippen molar-refractivity contribution in [2.45, 2.75) is 13.8 Å². The Labute approximate surface area is 77.6 Å². The van der Waals surface area contributed by atoms with Crippen molar-refractivity contribution < 1.29 is 0 Å². The number of H-pyrrole nitrogens is 1. The first kappa shape index (κ1) is 8.05. The largest absolute Gasteiger partial charge is 0.360 e. The zero-order chi connectivity index (χ0) is 9.26. The molecule has 0 saturated carbocycles. The van der Waals surface area contributed by atoms with E-state index in [1.165, 1.54) is 11.1 Å². The summed E-state index contributed by atoms with van der Waals surface area (Å²) in [6.45, 7) is 4.20. The SMILES string of the molecule is Cc1ccnc(-c2ccc[nH]2)c1C. The molecule has 66 valence electrons. The third-order valence-electron chi connectivity index (χ3n) is 2.33. The Balaban J connectivity index is 2.59. The molecule has 2 heteroatoms. The van der Waals surface area contributed by atoms with E-state index in [0.29, 0.717) is 0 Å². The van der Waals surface area contributed by atoms with Gasteiger partial charge in [-0.05, 0) is 43.2 Å². The van der Waals surface area contributed by atoms with Gasteiger partial charge in [0.2, 0.25) is 0 Å². The maximum Gasteiger partial charge on any atom is 0.0896 e. The summed E-state index contributed by atoms with van der Waals surface area (Å²) in [6, 6.07) is 6.05. The first-order valence-corrected chi connectivity index (χ1v) is 4.35. The molecule has 0 spiro atoms. The minimum Gasteiger partial charge on any atom is -0.360 e. The van der Waals surface area contributed by atoms with Gasteiger partial charge in [0.15, 0.2) is 0 Å². The van der Waals surface area contributed by atoms with Gasteiger partial charge in [0.1, 0.15) is 0 Å².